The molecule has 0 aromatic heterocycles. The van der Waals surface area contributed by atoms with Gasteiger partial charge in [0, 0.05) is 27.4 Å². The summed E-state index contributed by atoms with van der Waals surface area (Å²) in [4.78, 5) is 40.4. The van der Waals surface area contributed by atoms with Crippen molar-refractivity contribution in [3.05, 3.63) is 34.9 Å². The molecule has 0 bridgehead atoms. The largest absolute Gasteiger partial charge is 0.479 e. The normalized spacial score (nSPS) is 49.8. The molecule has 0 spiro atoms. The molecule has 0 aromatic carbocycles. The number of fused-ring (bicyclic) bond motifs is 7. The second-order valence-electron chi connectivity index (χ2n) is 25.9. The van der Waals surface area contributed by atoms with Crippen molar-refractivity contribution in [2.45, 2.75) is 224 Å². The lowest BCUT2D eigenvalue weighted by Crippen LogP contribution is -2.76. The number of aliphatic carboxylic acids is 1. The summed E-state index contributed by atoms with van der Waals surface area (Å²) in [5.41, 5.74) is -5.25. The number of esters is 2. The molecule has 460 valence electrons. The summed E-state index contributed by atoms with van der Waals surface area (Å²) >= 11 is 0. The third kappa shape index (κ3) is 9.98. The smallest absolute Gasteiger partial charge is 0.335 e. The van der Waals surface area contributed by atoms with Gasteiger partial charge in [0.25, 0.3) is 0 Å². The van der Waals surface area contributed by atoms with E-state index < -0.39 is 205 Å². The average Bonchev–Trinajstić information content (AvgIpc) is 1.99. The molecule has 24 heteroatoms. The number of carbonyl (C=O) groups excluding carboxylic acids is 2. The maximum atomic E-state index is 13.9. The summed E-state index contributed by atoms with van der Waals surface area (Å²) in [6.07, 6.45) is -25.7. The molecule has 7 fully saturated rings. The van der Waals surface area contributed by atoms with Crippen LogP contribution < -0.4 is 0 Å². The van der Waals surface area contributed by atoms with Crippen molar-refractivity contribution in [3.63, 3.8) is 0 Å². The van der Waals surface area contributed by atoms with Gasteiger partial charge in [-0.15, -0.1) is 0 Å². The average molecular weight is 1160 g/mol. The van der Waals surface area contributed by atoms with Gasteiger partial charge in [-0.3, -0.25) is 0 Å². The van der Waals surface area contributed by atoms with Gasteiger partial charge >= 0.3 is 17.9 Å². The Kier molecular flexibility index (Phi) is 18.4. The zero-order chi connectivity index (χ0) is 60.0. The van der Waals surface area contributed by atoms with E-state index in [0.717, 1.165) is 5.57 Å². The standard InChI is InChI=1S/C57H88O24/c1-11-24(3)47(72)80-44-45(81-48(73)25(4)12-2)57(23-61)27(19-52(44,5)6)26-13-14-31-53(7)17-16-32(54(8,22-60)30(53)15-18-55(31,9)56(26,10)42(68)43(57)69)76-51-41(79-50-37(66)35(64)33(62)28(20-58)74-50)39(38(67)40(78-51)46(70)71)77-49-36(65)34(63)29(21-59)75-49/h11-13,27-45,49-51,58-69H,14-23H2,1-10H3,(H,70,71)/b24-11-,25-12-/t27?,28?,29-,30?,31?,32-,33+,34?,35+,36-,37?,38-,39+,40?,41?,42-,43-,44-,45-,49-,50-,51+,53-,54-,55+,56-,57-/m0/s1. The van der Waals surface area contributed by atoms with E-state index >= 15 is 0 Å². The number of carboxylic acid groups (broad SMARTS) is 1. The second-order valence-corrected chi connectivity index (χ2v) is 25.9. The Balaban J connectivity index is 1.15. The highest BCUT2D eigenvalue weighted by Crippen LogP contribution is 2.76. The molecule has 4 saturated carbocycles. The molecular formula is C57H88O24. The SMILES string of the molecule is C/C=C(/C)C(=O)O[C@H]1[C@H](OC(=O)/C(C)=C\C)[C@@]2(CO)C(CC1(C)C)C1=CCC3[C@@]4(C)CC[C@H](O[C@@H]5OC(C(=O)O)[C@@H](O)[C@@H](O[C@@H]6O[C@@H](CO)C(O)[C@@H]6O)C5O[C@@H]5OC(CO)[C@@H](O)[C@@H](O)C5O)[C@@](C)(CO)C4CC[C@@]3(C)[C@]1(C)[C@@H](O)[C@@H]2O. The highest BCUT2D eigenvalue weighted by Gasteiger charge is 2.77. The third-order valence-corrected chi connectivity index (χ3v) is 21.5. The van der Waals surface area contributed by atoms with Crippen molar-refractivity contribution in [3.8, 4) is 0 Å². The highest BCUT2D eigenvalue weighted by molar-refractivity contribution is 5.89. The summed E-state index contributed by atoms with van der Waals surface area (Å²) in [5.74, 6) is -4.48. The van der Waals surface area contributed by atoms with Crippen LogP contribution in [0.2, 0.25) is 0 Å². The lowest BCUT2D eigenvalue weighted by molar-refractivity contribution is -0.387. The quantitative estimate of drug-likeness (QED) is 0.0415. The highest BCUT2D eigenvalue weighted by atomic mass is 16.8. The van der Waals surface area contributed by atoms with E-state index in [1.165, 1.54) is 0 Å². The number of carbonyl (C=O) groups is 3. The molecule has 5 aliphatic carbocycles. The minimum Gasteiger partial charge on any atom is -0.479 e. The summed E-state index contributed by atoms with van der Waals surface area (Å²) < 4.78 is 48.8. The molecule has 81 heavy (non-hydrogen) atoms. The predicted molar refractivity (Wildman–Crippen MR) is 278 cm³/mol. The Hall–Kier alpha value is -3.09. The number of aliphatic hydroxyl groups is 12. The molecule has 24 nitrogen and oxygen atoms in total. The van der Waals surface area contributed by atoms with Crippen LogP contribution in [0.15, 0.2) is 34.9 Å². The van der Waals surface area contributed by atoms with E-state index in [1.54, 1.807) is 39.8 Å². The maximum absolute atomic E-state index is 13.9. The van der Waals surface area contributed by atoms with Gasteiger partial charge in [-0.25, -0.2) is 14.4 Å². The van der Waals surface area contributed by atoms with Crippen molar-refractivity contribution in [2.75, 3.05) is 26.4 Å². The van der Waals surface area contributed by atoms with Crippen molar-refractivity contribution < 1.29 is 119 Å². The number of carboxylic acids is 1. The van der Waals surface area contributed by atoms with Crippen LogP contribution in [0, 0.1) is 50.2 Å². The van der Waals surface area contributed by atoms with Gasteiger partial charge in [-0.1, -0.05) is 65.3 Å². The zero-order valence-electron chi connectivity index (χ0n) is 47.8. The number of rotatable bonds is 15. The van der Waals surface area contributed by atoms with Gasteiger partial charge in [-0.05, 0) is 94.8 Å². The number of ether oxygens (including phenoxy) is 8. The first-order valence-electron chi connectivity index (χ1n) is 28.3. The summed E-state index contributed by atoms with van der Waals surface area (Å²) in [6.45, 7) is 15.3. The van der Waals surface area contributed by atoms with Gasteiger partial charge in [0.2, 0.25) is 0 Å². The number of hydrogen-bond acceptors (Lipinski definition) is 23. The minimum absolute atomic E-state index is 0.165. The molecule has 3 aliphatic heterocycles. The van der Waals surface area contributed by atoms with Crippen molar-refractivity contribution in [2.24, 2.45) is 50.2 Å². The fraction of sp³-hybridized carbons (Fsp3) is 0.842. The van der Waals surface area contributed by atoms with Crippen LogP contribution in [0.25, 0.3) is 0 Å². The molecule has 0 amide bonds. The van der Waals surface area contributed by atoms with E-state index in [4.69, 9.17) is 37.9 Å². The molecular weight excluding hydrogens is 1070 g/mol. The van der Waals surface area contributed by atoms with Crippen LogP contribution in [0.5, 0.6) is 0 Å². The second kappa shape index (κ2) is 23.3. The Morgan fingerprint density at radius 3 is 1.70 bits per heavy atom. The van der Waals surface area contributed by atoms with Gasteiger partial charge < -0.3 is 104 Å². The summed E-state index contributed by atoms with van der Waals surface area (Å²) in [6, 6.07) is 0. The Morgan fingerprint density at radius 1 is 0.630 bits per heavy atom. The third-order valence-electron chi connectivity index (χ3n) is 21.5. The van der Waals surface area contributed by atoms with E-state index in [9.17, 15) is 80.8 Å². The summed E-state index contributed by atoms with van der Waals surface area (Å²) in [7, 11) is 0. The molecule has 8 unspecified atom stereocenters. The Labute approximate surface area is 471 Å². The van der Waals surface area contributed by atoms with Crippen molar-refractivity contribution in [1.29, 1.82) is 0 Å². The van der Waals surface area contributed by atoms with Crippen LogP contribution in [0.1, 0.15) is 108 Å². The van der Waals surface area contributed by atoms with E-state index in [-0.39, 0.29) is 24.3 Å². The van der Waals surface area contributed by atoms with Crippen molar-refractivity contribution in [1.82, 2.24) is 0 Å². The lowest BCUT2D eigenvalue weighted by Gasteiger charge is -2.73. The summed E-state index contributed by atoms with van der Waals surface area (Å²) in [5, 5.41) is 146. The van der Waals surface area contributed by atoms with Crippen LogP contribution in [0.3, 0.4) is 0 Å². The minimum atomic E-state index is -2.18. The molecule has 3 heterocycles. The molecule has 3 saturated heterocycles. The first-order valence-corrected chi connectivity index (χ1v) is 28.3. The van der Waals surface area contributed by atoms with E-state index in [0.29, 0.717) is 31.3 Å². The van der Waals surface area contributed by atoms with E-state index in [1.807, 2.05) is 27.7 Å². The fourth-order valence-electron chi connectivity index (χ4n) is 16.2. The van der Waals surface area contributed by atoms with Crippen LogP contribution in [-0.2, 0) is 52.3 Å². The molecule has 13 N–H and O–H groups in total. The first kappa shape index (κ1) is 63.9. The number of hydrogen-bond donors (Lipinski definition) is 13. The van der Waals surface area contributed by atoms with E-state index in [2.05, 4.69) is 19.9 Å². The Morgan fingerprint density at radius 2 is 1.17 bits per heavy atom. The lowest BCUT2D eigenvalue weighted by atomic mass is 9.32. The fourth-order valence-corrected chi connectivity index (χ4v) is 16.2. The first-order chi connectivity index (χ1) is 37.9. The molecule has 0 radical (unpaired) electrons. The van der Waals surface area contributed by atoms with Crippen molar-refractivity contribution >= 4 is 17.9 Å². The Bertz CT molecular complexity index is 2410. The molecule has 0 aromatic rings. The van der Waals surface area contributed by atoms with Gasteiger partial charge in [0.1, 0.15) is 67.1 Å². The van der Waals surface area contributed by atoms with Gasteiger partial charge in [-0.2, -0.15) is 0 Å². The topological polar surface area (TPSA) is 388 Å². The monoisotopic (exact) mass is 1160 g/mol. The van der Waals surface area contributed by atoms with Crippen LogP contribution in [-0.4, -0.2) is 227 Å². The molecule has 8 aliphatic rings. The molecule has 8 rings (SSSR count). The van der Waals surface area contributed by atoms with Gasteiger partial charge in [0.15, 0.2) is 31.1 Å². The number of aliphatic hydroxyl groups excluding tert-OH is 12. The van der Waals surface area contributed by atoms with Crippen LogP contribution in [0.4, 0.5) is 0 Å². The number of allylic oxidation sites excluding steroid dienone is 3. The van der Waals surface area contributed by atoms with Crippen LogP contribution >= 0.6 is 0 Å². The predicted octanol–water partition coefficient (Wildman–Crippen LogP) is -0.765. The molecule has 27 atom stereocenters. The zero-order valence-corrected chi connectivity index (χ0v) is 47.8. The van der Waals surface area contributed by atoms with Gasteiger partial charge in [0.05, 0.1) is 50.2 Å². The maximum Gasteiger partial charge on any atom is 0.335 e.